The fraction of sp³-hybridized carbons (Fsp3) is 0.200. The predicted molar refractivity (Wildman–Crippen MR) is 83.6 cm³/mol. The zero-order valence-electron chi connectivity index (χ0n) is 11.4. The number of halogens is 2. The predicted octanol–water partition coefficient (Wildman–Crippen LogP) is 3.82. The van der Waals surface area contributed by atoms with E-state index in [4.69, 9.17) is 10.5 Å². The molecule has 2 rings (SSSR count). The number of nitrogen functional groups attached to an aromatic ring is 1. The first-order chi connectivity index (χ1) is 9.51. The number of hydrogen-bond acceptors (Lipinski definition) is 3. The van der Waals surface area contributed by atoms with Gasteiger partial charge in [-0.05, 0) is 39.7 Å². The summed E-state index contributed by atoms with van der Waals surface area (Å²) in [6, 6.07) is 10.8. The third-order valence-electron chi connectivity index (χ3n) is 3.03. The second kappa shape index (κ2) is 6.13. The summed E-state index contributed by atoms with van der Waals surface area (Å²) >= 11 is 3.12. The maximum absolute atomic E-state index is 13.6. The highest BCUT2D eigenvalue weighted by molar-refractivity contribution is 9.10. The molecule has 2 aromatic rings. The molecule has 5 heteroatoms. The first kappa shape index (κ1) is 14.7. The van der Waals surface area contributed by atoms with Gasteiger partial charge in [0.15, 0.2) is 0 Å². The van der Waals surface area contributed by atoms with E-state index in [1.165, 1.54) is 6.07 Å². The molecule has 0 spiro atoms. The Morgan fingerprint density at radius 2 is 2.05 bits per heavy atom. The van der Waals surface area contributed by atoms with Crippen LogP contribution in [0.5, 0.6) is 5.75 Å². The van der Waals surface area contributed by atoms with Crippen molar-refractivity contribution in [2.75, 3.05) is 24.8 Å². The lowest BCUT2D eigenvalue weighted by atomic mass is 10.2. The van der Waals surface area contributed by atoms with Gasteiger partial charge in [0.1, 0.15) is 11.6 Å². The van der Waals surface area contributed by atoms with Crippen LogP contribution in [0.25, 0.3) is 0 Å². The van der Waals surface area contributed by atoms with Gasteiger partial charge >= 0.3 is 0 Å². The largest absolute Gasteiger partial charge is 0.497 e. The van der Waals surface area contributed by atoms with Crippen molar-refractivity contribution in [2.24, 2.45) is 0 Å². The Morgan fingerprint density at radius 1 is 1.30 bits per heavy atom. The zero-order valence-corrected chi connectivity index (χ0v) is 12.9. The number of methoxy groups -OCH3 is 1. The van der Waals surface area contributed by atoms with Crippen LogP contribution in [0, 0.1) is 5.82 Å². The molecule has 0 aliphatic rings. The molecule has 106 valence electrons. The topological polar surface area (TPSA) is 38.5 Å². The summed E-state index contributed by atoms with van der Waals surface area (Å²) in [5.41, 5.74) is 8.19. The van der Waals surface area contributed by atoms with Crippen molar-refractivity contribution in [3.8, 4) is 5.75 Å². The van der Waals surface area contributed by atoms with Gasteiger partial charge in [-0.25, -0.2) is 4.39 Å². The molecular weight excluding hydrogens is 323 g/mol. The standard InChI is InChI=1S/C15H16BrFN2O/c1-19(9-10-4-3-5-11(6-10)20-2)15-8-13(17)12(16)7-14(15)18/h3-8H,9,18H2,1-2H3. The Bertz CT molecular complexity index is 619. The number of ether oxygens (including phenoxy) is 1. The quantitative estimate of drug-likeness (QED) is 0.861. The van der Waals surface area contributed by atoms with Gasteiger partial charge in [-0.15, -0.1) is 0 Å². The van der Waals surface area contributed by atoms with Crippen LogP contribution in [0.2, 0.25) is 0 Å². The second-order valence-corrected chi connectivity index (χ2v) is 5.39. The molecule has 0 atom stereocenters. The van der Waals surface area contributed by atoms with Gasteiger partial charge in [0, 0.05) is 19.7 Å². The van der Waals surface area contributed by atoms with Crippen molar-refractivity contribution < 1.29 is 9.13 Å². The summed E-state index contributed by atoms with van der Waals surface area (Å²) in [5, 5.41) is 0. The molecule has 0 radical (unpaired) electrons. The van der Waals surface area contributed by atoms with E-state index in [-0.39, 0.29) is 5.82 Å². The molecule has 0 amide bonds. The van der Waals surface area contributed by atoms with Crippen molar-refractivity contribution in [3.05, 3.63) is 52.3 Å². The van der Waals surface area contributed by atoms with Crippen LogP contribution in [0.3, 0.4) is 0 Å². The molecule has 20 heavy (non-hydrogen) atoms. The summed E-state index contributed by atoms with van der Waals surface area (Å²) in [5.74, 6) is 0.470. The number of anilines is 2. The number of benzene rings is 2. The van der Waals surface area contributed by atoms with E-state index in [9.17, 15) is 4.39 Å². The van der Waals surface area contributed by atoms with Crippen LogP contribution in [0.1, 0.15) is 5.56 Å². The summed E-state index contributed by atoms with van der Waals surface area (Å²) in [6.07, 6.45) is 0. The van der Waals surface area contributed by atoms with Crippen LogP contribution in [0.15, 0.2) is 40.9 Å². The first-order valence-corrected chi connectivity index (χ1v) is 6.89. The highest BCUT2D eigenvalue weighted by Gasteiger charge is 2.10. The normalized spacial score (nSPS) is 10.4. The SMILES string of the molecule is COc1cccc(CN(C)c2cc(F)c(Br)cc2N)c1. The minimum atomic E-state index is -0.327. The lowest BCUT2D eigenvalue weighted by molar-refractivity contribution is 0.414. The Labute approximate surface area is 126 Å². The Kier molecular flexibility index (Phi) is 4.49. The van der Waals surface area contributed by atoms with Gasteiger partial charge in [0.2, 0.25) is 0 Å². The molecule has 0 saturated heterocycles. The van der Waals surface area contributed by atoms with Gasteiger partial charge in [-0.3, -0.25) is 0 Å². The Morgan fingerprint density at radius 3 is 2.75 bits per heavy atom. The van der Waals surface area contributed by atoms with E-state index in [0.29, 0.717) is 22.4 Å². The smallest absolute Gasteiger partial charge is 0.139 e. The third kappa shape index (κ3) is 3.22. The highest BCUT2D eigenvalue weighted by atomic mass is 79.9. The second-order valence-electron chi connectivity index (χ2n) is 4.53. The van der Waals surface area contributed by atoms with Crippen molar-refractivity contribution in [1.29, 1.82) is 0 Å². The van der Waals surface area contributed by atoms with E-state index >= 15 is 0 Å². The fourth-order valence-electron chi connectivity index (χ4n) is 2.01. The van der Waals surface area contributed by atoms with E-state index in [1.54, 1.807) is 13.2 Å². The van der Waals surface area contributed by atoms with Crippen molar-refractivity contribution in [3.63, 3.8) is 0 Å². The van der Waals surface area contributed by atoms with Crippen LogP contribution in [-0.2, 0) is 6.54 Å². The molecule has 0 fully saturated rings. The molecule has 0 bridgehead atoms. The summed E-state index contributed by atoms with van der Waals surface area (Å²) in [7, 11) is 3.50. The Balaban J connectivity index is 2.23. The van der Waals surface area contributed by atoms with Crippen LogP contribution in [-0.4, -0.2) is 14.2 Å². The molecule has 2 aromatic carbocycles. The number of nitrogens with two attached hydrogens (primary N) is 1. The van der Waals surface area contributed by atoms with Crippen LogP contribution >= 0.6 is 15.9 Å². The number of hydrogen-bond donors (Lipinski definition) is 1. The minimum Gasteiger partial charge on any atom is -0.497 e. The molecular formula is C15H16BrFN2O. The van der Waals surface area contributed by atoms with E-state index in [0.717, 1.165) is 11.3 Å². The van der Waals surface area contributed by atoms with Crippen molar-refractivity contribution in [1.82, 2.24) is 0 Å². The van der Waals surface area contributed by atoms with E-state index in [2.05, 4.69) is 15.9 Å². The average Bonchev–Trinajstić information content (AvgIpc) is 2.43. The zero-order chi connectivity index (χ0) is 14.7. The first-order valence-electron chi connectivity index (χ1n) is 6.10. The summed E-state index contributed by atoms with van der Waals surface area (Å²) in [4.78, 5) is 1.90. The monoisotopic (exact) mass is 338 g/mol. The lowest BCUT2D eigenvalue weighted by Gasteiger charge is -2.22. The molecule has 0 aliphatic heterocycles. The summed E-state index contributed by atoms with van der Waals surface area (Å²) < 4.78 is 19.2. The van der Waals surface area contributed by atoms with Gasteiger partial charge in [0.05, 0.1) is 23.0 Å². The van der Waals surface area contributed by atoms with Gasteiger partial charge in [-0.2, -0.15) is 0 Å². The molecule has 0 heterocycles. The summed E-state index contributed by atoms with van der Waals surface area (Å²) in [6.45, 7) is 0.614. The van der Waals surface area contributed by atoms with Crippen molar-refractivity contribution >= 4 is 27.3 Å². The molecule has 2 N–H and O–H groups in total. The van der Waals surface area contributed by atoms with Crippen molar-refractivity contribution in [2.45, 2.75) is 6.54 Å². The molecule has 0 saturated carbocycles. The van der Waals surface area contributed by atoms with Gasteiger partial charge in [-0.1, -0.05) is 12.1 Å². The maximum Gasteiger partial charge on any atom is 0.139 e. The molecule has 0 aliphatic carbocycles. The van der Waals surface area contributed by atoms with Gasteiger partial charge < -0.3 is 15.4 Å². The maximum atomic E-state index is 13.6. The molecule has 0 aromatic heterocycles. The van der Waals surface area contributed by atoms with Gasteiger partial charge in [0.25, 0.3) is 0 Å². The lowest BCUT2D eigenvalue weighted by Crippen LogP contribution is -2.18. The fourth-order valence-corrected chi connectivity index (χ4v) is 2.37. The van der Waals surface area contributed by atoms with Crippen LogP contribution < -0.4 is 15.4 Å². The van der Waals surface area contributed by atoms with E-state index in [1.807, 2.05) is 36.2 Å². The molecule has 0 unspecified atom stereocenters. The number of rotatable bonds is 4. The Hall–Kier alpha value is -1.75. The minimum absolute atomic E-state index is 0.327. The average molecular weight is 339 g/mol. The molecule has 3 nitrogen and oxygen atoms in total. The third-order valence-corrected chi connectivity index (χ3v) is 3.64. The van der Waals surface area contributed by atoms with Crippen LogP contribution in [0.4, 0.5) is 15.8 Å². The van der Waals surface area contributed by atoms with E-state index < -0.39 is 0 Å². The number of nitrogens with zero attached hydrogens (tertiary/aromatic N) is 1. The highest BCUT2D eigenvalue weighted by Crippen LogP contribution is 2.29.